The Kier molecular flexibility index (Phi) is 3.60. The fraction of sp³-hybridized carbons (Fsp3) is 0.294. The Morgan fingerprint density at radius 3 is 2.67 bits per heavy atom. The second kappa shape index (κ2) is 5.56. The number of fused-ring (bicyclic) bond motifs is 1. The van der Waals surface area contributed by atoms with E-state index in [9.17, 15) is 0 Å². The largest absolute Gasteiger partial charge is 0.496 e. The van der Waals surface area contributed by atoms with Gasteiger partial charge in [0.25, 0.3) is 0 Å². The van der Waals surface area contributed by atoms with Crippen LogP contribution in [0.1, 0.15) is 22.9 Å². The molecule has 0 aliphatic carbocycles. The van der Waals surface area contributed by atoms with Gasteiger partial charge in [0, 0.05) is 32.3 Å². The lowest BCUT2D eigenvalue weighted by Gasteiger charge is -2.28. The smallest absolute Gasteiger partial charge is 0.124 e. The normalized spacial score (nSPS) is 16.9. The van der Waals surface area contributed by atoms with E-state index in [-0.39, 0.29) is 6.04 Å². The molecule has 4 heteroatoms. The lowest BCUT2D eigenvalue weighted by molar-refractivity contribution is 0.406. The van der Waals surface area contributed by atoms with E-state index in [0.29, 0.717) is 0 Å². The number of likely N-dealkylation sites (N-methyl/N-ethyl adjacent to an activating group) is 1. The van der Waals surface area contributed by atoms with E-state index >= 15 is 0 Å². The fourth-order valence-corrected chi connectivity index (χ4v) is 2.69. The minimum Gasteiger partial charge on any atom is -0.496 e. The lowest BCUT2D eigenvalue weighted by atomic mass is 9.91. The first-order valence-corrected chi connectivity index (χ1v) is 7.01. The van der Waals surface area contributed by atoms with Gasteiger partial charge in [0.15, 0.2) is 0 Å². The minimum atomic E-state index is -0.108. The van der Waals surface area contributed by atoms with E-state index in [1.54, 1.807) is 7.11 Å². The van der Waals surface area contributed by atoms with Crippen molar-refractivity contribution in [2.75, 3.05) is 21.2 Å². The van der Waals surface area contributed by atoms with Gasteiger partial charge in [0.1, 0.15) is 17.6 Å². The van der Waals surface area contributed by atoms with E-state index in [2.05, 4.69) is 16.0 Å². The molecule has 0 saturated carbocycles. The Balaban J connectivity index is 2.17. The average molecular weight is 281 g/mol. The first-order valence-electron chi connectivity index (χ1n) is 7.01. The summed E-state index contributed by atoms with van der Waals surface area (Å²) in [6, 6.07) is 12.0. The maximum Gasteiger partial charge on any atom is 0.124 e. The maximum absolute atomic E-state index is 5.55. The van der Waals surface area contributed by atoms with Gasteiger partial charge in [0.2, 0.25) is 0 Å². The molecule has 1 atom stereocenters. The summed E-state index contributed by atoms with van der Waals surface area (Å²) in [5, 5.41) is 0. The summed E-state index contributed by atoms with van der Waals surface area (Å²) in [6.07, 6.45) is 2.63. The molecule has 0 radical (unpaired) electrons. The Morgan fingerprint density at radius 2 is 2.00 bits per heavy atom. The predicted molar refractivity (Wildman–Crippen MR) is 83.9 cm³/mol. The molecule has 1 unspecified atom stereocenters. The summed E-state index contributed by atoms with van der Waals surface area (Å²) < 4.78 is 5.55. The SMILES string of the molecule is COc1cccc2c1C(c1ccccn1)N=C(N(C)C)C2. The van der Waals surface area contributed by atoms with Crippen LogP contribution in [0.5, 0.6) is 5.75 Å². The van der Waals surface area contributed by atoms with E-state index in [4.69, 9.17) is 9.73 Å². The number of rotatable bonds is 2. The molecule has 2 aromatic rings. The van der Waals surface area contributed by atoms with Crippen LogP contribution in [0.15, 0.2) is 47.6 Å². The van der Waals surface area contributed by atoms with E-state index in [0.717, 1.165) is 29.3 Å². The van der Waals surface area contributed by atoms with Gasteiger partial charge >= 0.3 is 0 Å². The van der Waals surface area contributed by atoms with Crippen LogP contribution < -0.4 is 4.74 Å². The molecule has 3 rings (SSSR count). The average Bonchev–Trinajstić information content (AvgIpc) is 2.53. The van der Waals surface area contributed by atoms with Crippen molar-refractivity contribution >= 4 is 5.84 Å². The van der Waals surface area contributed by atoms with Crippen molar-refractivity contribution in [1.82, 2.24) is 9.88 Å². The van der Waals surface area contributed by atoms with Crippen LogP contribution in [0.3, 0.4) is 0 Å². The molecule has 1 aromatic carbocycles. The Labute approximate surface area is 125 Å². The van der Waals surface area contributed by atoms with Crippen molar-refractivity contribution in [3.63, 3.8) is 0 Å². The van der Waals surface area contributed by atoms with Crippen LogP contribution >= 0.6 is 0 Å². The molecule has 1 aliphatic rings. The Hall–Kier alpha value is -2.36. The van der Waals surface area contributed by atoms with Crippen molar-refractivity contribution in [2.24, 2.45) is 4.99 Å². The quantitative estimate of drug-likeness (QED) is 0.849. The van der Waals surface area contributed by atoms with Gasteiger partial charge in [-0.25, -0.2) is 0 Å². The van der Waals surface area contributed by atoms with Crippen molar-refractivity contribution < 1.29 is 4.74 Å². The zero-order chi connectivity index (χ0) is 14.8. The van der Waals surface area contributed by atoms with Crippen LogP contribution in [-0.4, -0.2) is 36.9 Å². The third kappa shape index (κ3) is 2.49. The molecule has 21 heavy (non-hydrogen) atoms. The zero-order valence-electron chi connectivity index (χ0n) is 12.6. The molecule has 4 nitrogen and oxygen atoms in total. The van der Waals surface area contributed by atoms with Gasteiger partial charge in [-0.2, -0.15) is 0 Å². The molecule has 0 bridgehead atoms. The third-order valence-electron chi connectivity index (χ3n) is 3.76. The number of hydrogen-bond acceptors (Lipinski definition) is 4. The summed E-state index contributed by atoms with van der Waals surface area (Å²) >= 11 is 0. The molecular formula is C17H19N3O. The third-order valence-corrected chi connectivity index (χ3v) is 3.76. The number of benzene rings is 1. The van der Waals surface area contributed by atoms with Gasteiger partial charge in [-0.3, -0.25) is 9.98 Å². The molecule has 108 valence electrons. The minimum absolute atomic E-state index is 0.108. The molecule has 0 N–H and O–H groups in total. The van der Waals surface area contributed by atoms with Gasteiger partial charge in [0.05, 0.1) is 12.8 Å². The number of ether oxygens (including phenoxy) is 1. The van der Waals surface area contributed by atoms with Crippen molar-refractivity contribution in [3.05, 3.63) is 59.4 Å². The molecule has 0 fully saturated rings. The zero-order valence-corrected chi connectivity index (χ0v) is 12.6. The first-order chi connectivity index (χ1) is 10.2. The highest BCUT2D eigenvalue weighted by atomic mass is 16.5. The molecule has 1 aliphatic heterocycles. The molecule has 0 spiro atoms. The topological polar surface area (TPSA) is 37.7 Å². The second-order valence-electron chi connectivity index (χ2n) is 5.31. The first kappa shape index (κ1) is 13.6. The monoisotopic (exact) mass is 281 g/mol. The van der Waals surface area contributed by atoms with Crippen molar-refractivity contribution in [2.45, 2.75) is 12.5 Å². The van der Waals surface area contributed by atoms with Crippen LogP contribution in [0.25, 0.3) is 0 Å². The van der Waals surface area contributed by atoms with Gasteiger partial charge in [-0.05, 0) is 23.8 Å². The standard InChI is InChI=1S/C17H19N3O/c1-20(2)15-11-12-7-6-9-14(21-3)16(12)17(19-15)13-8-4-5-10-18-13/h4-10,17H,11H2,1-3H3. The van der Waals surface area contributed by atoms with Crippen molar-refractivity contribution in [3.8, 4) is 5.75 Å². The number of hydrogen-bond donors (Lipinski definition) is 0. The van der Waals surface area contributed by atoms with Crippen LogP contribution in [0.2, 0.25) is 0 Å². The number of aliphatic imine (C=N–C) groups is 1. The molecule has 2 heterocycles. The number of aromatic nitrogens is 1. The predicted octanol–water partition coefficient (Wildman–Crippen LogP) is 2.70. The molecular weight excluding hydrogens is 262 g/mol. The lowest BCUT2D eigenvalue weighted by Crippen LogP contribution is -2.29. The van der Waals surface area contributed by atoms with E-state index in [1.807, 2.05) is 50.6 Å². The van der Waals surface area contributed by atoms with Gasteiger partial charge < -0.3 is 9.64 Å². The van der Waals surface area contributed by atoms with E-state index in [1.165, 1.54) is 5.56 Å². The number of pyridine rings is 1. The summed E-state index contributed by atoms with van der Waals surface area (Å²) in [5.41, 5.74) is 3.33. The van der Waals surface area contributed by atoms with Gasteiger partial charge in [-0.1, -0.05) is 18.2 Å². The highest BCUT2D eigenvalue weighted by Gasteiger charge is 2.27. The summed E-state index contributed by atoms with van der Waals surface area (Å²) in [5.74, 6) is 1.94. The highest BCUT2D eigenvalue weighted by Crippen LogP contribution is 2.38. The maximum atomic E-state index is 5.55. The van der Waals surface area contributed by atoms with Crippen LogP contribution in [0.4, 0.5) is 0 Å². The number of nitrogens with zero attached hydrogens (tertiary/aromatic N) is 3. The molecule has 0 saturated heterocycles. The van der Waals surface area contributed by atoms with Crippen LogP contribution in [0, 0.1) is 0 Å². The Bertz CT molecular complexity index is 665. The number of methoxy groups -OCH3 is 1. The second-order valence-corrected chi connectivity index (χ2v) is 5.31. The fourth-order valence-electron chi connectivity index (χ4n) is 2.69. The van der Waals surface area contributed by atoms with Crippen LogP contribution in [-0.2, 0) is 6.42 Å². The summed E-state index contributed by atoms with van der Waals surface area (Å²) in [6.45, 7) is 0. The summed E-state index contributed by atoms with van der Waals surface area (Å²) in [7, 11) is 5.76. The summed E-state index contributed by atoms with van der Waals surface area (Å²) in [4.78, 5) is 11.5. The van der Waals surface area contributed by atoms with E-state index < -0.39 is 0 Å². The van der Waals surface area contributed by atoms with Gasteiger partial charge in [-0.15, -0.1) is 0 Å². The molecule has 0 amide bonds. The Morgan fingerprint density at radius 1 is 1.14 bits per heavy atom. The highest BCUT2D eigenvalue weighted by molar-refractivity contribution is 5.86. The number of amidine groups is 1. The molecule has 1 aromatic heterocycles. The van der Waals surface area contributed by atoms with Crippen molar-refractivity contribution in [1.29, 1.82) is 0 Å².